The Morgan fingerprint density at radius 2 is 2.12 bits per heavy atom. The fraction of sp³-hybridized carbons (Fsp3) is 0.462. The molecule has 0 heterocycles. The van der Waals surface area contributed by atoms with Crippen molar-refractivity contribution in [3.63, 3.8) is 0 Å². The van der Waals surface area contributed by atoms with Crippen molar-refractivity contribution >= 4 is 11.6 Å². The van der Waals surface area contributed by atoms with Gasteiger partial charge in [-0.25, -0.2) is 4.39 Å². The van der Waals surface area contributed by atoms with Gasteiger partial charge >= 0.3 is 0 Å². The maximum Gasteiger partial charge on any atom is 0.241 e. The summed E-state index contributed by atoms with van der Waals surface area (Å²) in [6.07, 6.45) is 0. The number of nitrogens with zero attached hydrogens (tertiary/aromatic N) is 1. The molecule has 0 atom stereocenters. The maximum absolute atomic E-state index is 13.3. The van der Waals surface area contributed by atoms with Crippen LogP contribution in [0, 0.1) is 12.7 Å². The lowest BCUT2D eigenvalue weighted by Gasteiger charge is -2.21. The van der Waals surface area contributed by atoms with Crippen LogP contribution in [0.4, 0.5) is 10.1 Å². The van der Waals surface area contributed by atoms with Crippen LogP contribution < -0.4 is 5.32 Å². The molecule has 1 rings (SSSR count). The number of nitrogens with one attached hydrogen (secondary N) is 1. The number of halogens is 1. The summed E-state index contributed by atoms with van der Waals surface area (Å²) >= 11 is 0. The molecule has 1 aromatic rings. The van der Waals surface area contributed by atoms with Crippen molar-refractivity contribution in [1.82, 2.24) is 4.90 Å². The van der Waals surface area contributed by atoms with Gasteiger partial charge in [-0.05, 0) is 38.5 Å². The van der Waals surface area contributed by atoms with Gasteiger partial charge in [0, 0.05) is 18.8 Å². The molecule has 4 heteroatoms. The SMILES string of the molecule is Cc1ccc(NCC(=O)N(C)C(C)C)cc1F. The van der Waals surface area contributed by atoms with Crippen LogP contribution in [0.2, 0.25) is 0 Å². The number of hydrogen-bond donors (Lipinski definition) is 1. The Bertz CT molecular complexity index is 404. The van der Waals surface area contributed by atoms with E-state index in [1.165, 1.54) is 6.07 Å². The fourth-order valence-corrected chi connectivity index (χ4v) is 1.29. The predicted molar refractivity (Wildman–Crippen MR) is 67.5 cm³/mol. The first-order valence-corrected chi connectivity index (χ1v) is 5.67. The zero-order valence-electron chi connectivity index (χ0n) is 10.7. The second-order valence-electron chi connectivity index (χ2n) is 4.42. The molecular formula is C13H19FN2O. The lowest BCUT2D eigenvalue weighted by molar-refractivity contribution is -0.129. The third-order valence-corrected chi connectivity index (χ3v) is 2.78. The molecule has 1 amide bonds. The Labute approximate surface area is 102 Å². The highest BCUT2D eigenvalue weighted by atomic mass is 19.1. The highest BCUT2D eigenvalue weighted by Gasteiger charge is 2.11. The van der Waals surface area contributed by atoms with E-state index < -0.39 is 0 Å². The Kier molecular flexibility index (Phi) is 4.49. The molecule has 1 aromatic carbocycles. The third-order valence-electron chi connectivity index (χ3n) is 2.78. The number of likely N-dealkylation sites (N-methyl/N-ethyl adjacent to an activating group) is 1. The van der Waals surface area contributed by atoms with E-state index in [0.717, 1.165) is 0 Å². The Hall–Kier alpha value is -1.58. The minimum absolute atomic E-state index is 0.0130. The lowest BCUT2D eigenvalue weighted by Crippen LogP contribution is -2.37. The number of benzene rings is 1. The van der Waals surface area contributed by atoms with Crippen LogP contribution in [0.1, 0.15) is 19.4 Å². The molecule has 0 unspecified atom stereocenters. The topological polar surface area (TPSA) is 32.3 Å². The summed E-state index contributed by atoms with van der Waals surface area (Å²) in [4.78, 5) is 13.3. The molecule has 1 N–H and O–H groups in total. The van der Waals surface area contributed by atoms with Crippen LogP contribution in [0.25, 0.3) is 0 Å². The predicted octanol–water partition coefficient (Wildman–Crippen LogP) is 2.41. The van der Waals surface area contributed by atoms with E-state index in [2.05, 4.69) is 5.32 Å². The van der Waals surface area contributed by atoms with Gasteiger partial charge in [-0.15, -0.1) is 0 Å². The summed E-state index contributed by atoms with van der Waals surface area (Å²) in [5.41, 5.74) is 1.22. The van der Waals surface area contributed by atoms with Crippen molar-refractivity contribution in [2.45, 2.75) is 26.8 Å². The van der Waals surface area contributed by atoms with Gasteiger partial charge in [-0.2, -0.15) is 0 Å². The van der Waals surface area contributed by atoms with E-state index in [9.17, 15) is 9.18 Å². The Balaban J connectivity index is 2.56. The van der Waals surface area contributed by atoms with Crippen molar-refractivity contribution in [3.05, 3.63) is 29.6 Å². The van der Waals surface area contributed by atoms with E-state index >= 15 is 0 Å². The van der Waals surface area contributed by atoms with Gasteiger partial charge in [-0.3, -0.25) is 4.79 Å². The highest BCUT2D eigenvalue weighted by molar-refractivity contribution is 5.80. The molecule has 94 valence electrons. The zero-order valence-corrected chi connectivity index (χ0v) is 10.7. The highest BCUT2D eigenvalue weighted by Crippen LogP contribution is 2.13. The van der Waals surface area contributed by atoms with Gasteiger partial charge in [0.25, 0.3) is 0 Å². The van der Waals surface area contributed by atoms with Crippen LogP contribution in [0.5, 0.6) is 0 Å². The Morgan fingerprint density at radius 3 is 2.65 bits per heavy atom. The van der Waals surface area contributed by atoms with E-state index in [1.807, 2.05) is 13.8 Å². The first-order chi connectivity index (χ1) is 7.91. The quantitative estimate of drug-likeness (QED) is 0.873. The molecule has 0 spiro atoms. The van der Waals surface area contributed by atoms with Crippen LogP contribution in [-0.4, -0.2) is 30.4 Å². The van der Waals surface area contributed by atoms with Gasteiger partial charge in [0.1, 0.15) is 5.82 Å². The van der Waals surface area contributed by atoms with Gasteiger partial charge in [0.15, 0.2) is 0 Å². The molecule has 0 saturated heterocycles. The number of aryl methyl sites for hydroxylation is 1. The summed E-state index contributed by atoms with van der Waals surface area (Å²) < 4.78 is 13.3. The molecular weight excluding hydrogens is 219 g/mol. The summed E-state index contributed by atoms with van der Waals surface area (Å²) in [6, 6.07) is 5.02. The van der Waals surface area contributed by atoms with Gasteiger partial charge < -0.3 is 10.2 Å². The number of carbonyl (C=O) groups excluding carboxylic acids is 1. The summed E-state index contributed by atoms with van der Waals surface area (Å²) in [5.74, 6) is -0.277. The van der Waals surface area contributed by atoms with Crippen LogP contribution in [0.3, 0.4) is 0 Å². The molecule has 0 aliphatic heterocycles. The molecule has 0 saturated carbocycles. The van der Waals surface area contributed by atoms with Crippen molar-refractivity contribution in [2.24, 2.45) is 0 Å². The third kappa shape index (κ3) is 3.73. The zero-order chi connectivity index (χ0) is 13.0. The normalized spacial score (nSPS) is 10.5. The molecule has 0 radical (unpaired) electrons. The van der Waals surface area contributed by atoms with Gasteiger partial charge in [-0.1, -0.05) is 6.07 Å². The first kappa shape index (κ1) is 13.5. The summed E-state index contributed by atoms with van der Waals surface area (Å²) in [6.45, 7) is 5.78. The molecule has 0 aliphatic rings. The van der Waals surface area contributed by atoms with E-state index in [-0.39, 0.29) is 24.3 Å². The molecule has 17 heavy (non-hydrogen) atoms. The molecule has 0 fully saturated rings. The largest absolute Gasteiger partial charge is 0.376 e. The first-order valence-electron chi connectivity index (χ1n) is 5.67. The molecule has 0 aliphatic carbocycles. The number of carbonyl (C=O) groups is 1. The number of rotatable bonds is 4. The second kappa shape index (κ2) is 5.66. The average molecular weight is 238 g/mol. The van der Waals surface area contributed by atoms with Crippen molar-refractivity contribution in [1.29, 1.82) is 0 Å². The number of anilines is 1. The summed E-state index contributed by atoms with van der Waals surface area (Å²) in [5, 5.41) is 2.92. The maximum atomic E-state index is 13.3. The molecule has 0 bridgehead atoms. The van der Waals surface area contributed by atoms with Gasteiger partial charge in [0.2, 0.25) is 5.91 Å². The monoisotopic (exact) mass is 238 g/mol. The van der Waals surface area contributed by atoms with Crippen molar-refractivity contribution in [2.75, 3.05) is 18.9 Å². The van der Waals surface area contributed by atoms with Gasteiger partial charge in [0.05, 0.1) is 6.54 Å². The van der Waals surface area contributed by atoms with Crippen molar-refractivity contribution in [3.8, 4) is 0 Å². The van der Waals surface area contributed by atoms with E-state index in [4.69, 9.17) is 0 Å². The minimum atomic E-state index is -0.264. The van der Waals surface area contributed by atoms with E-state index in [0.29, 0.717) is 11.3 Å². The number of amides is 1. The summed E-state index contributed by atoms with van der Waals surface area (Å²) in [7, 11) is 1.75. The second-order valence-corrected chi connectivity index (χ2v) is 4.42. The minimum Gasteiger partial charge on any atom is -0.376 e. The Morgan fingerprint density at radius 1 is 1.47 bits per heavy atom. The van der Waals surface area contributed by atoms with E-state index in [1.54, 1.807) is 31.0 Å². The van der Waals surface area contributed by atoms with Crippen LogP contribution in [-0.2, 0) is 4.79 Å². The van der Waals surface area contributed by atoms with Crippen molar-refractivity contribution < 1.29 is 9.18 Å². The average Bonchev–Trinajstić information content (AvgIpc) is 2.29. The lowest BCUT2D eigenvalue weighted by atomic mass is 10.2. The van der Waals surface area contributed by atoms with Crippen LogP contribution >= 0.6 is 0 Å². The molecule has 0 aromatic heterocycles. The molecule has 3 nitrogen and oxygen atoms in total. The number of hydrogen-bond acceptors (Lipinski definition) is 2. The smallest absolute Gasteiger partial charge is 0.241 e. The van der Waals surface area contributed by atoms with Crippen LogP contribution in [0.15, 0.2) is 18.2 Å². The fourth-order valence-electron chi connectivity index (χ4n) is 1.29. The standard InChI is InChI=1S/C13H19FN2O/c1-9(2)16(4)13(17)8-15-11-6-5-10(3)12(14)7-11/h5-7,9,15H,8H2,1-4H3.